The van der Waals surface area contributed by atoms with Gasteiger partial charge in [-0.25, -0.2) is 4.98 Å². The second-order valence-electron chi connectivity index (χ2n) is 5.92. The number of thiocarbonyl (C=S) groups is 1. The number of imidazole rings is 1. The number of carbonyl (C=O) groups is 2. The number of para-hydroxylation sites is 2. The van der Waals surface area contributed by atoms with Gasteiger partial charge in [-0.1, -0.05) is 48.2 Å². The lowest BCUT2D eigenvalue weighted by molar-refractivity contribution is -0.121. The highest BCUT2D eigenvalue weighted by atomic mass is 32.2. The second kappa shape index (κ2) is 6.98. The largest absolute Gasteiger partial charge is 0.324 e. The number of thioether (sulfide) groups is 1. The van der Waals surface area contributed by atoms with Crippen LogP contribution in [0.2, 0.25) is 0 Å². The topological polar surface area (TPSA) is 78.1 Å². The Kier molecular flexibility index (Phi) is 4.51. The summed E-state index contributed by atoms with van der Waals surface area (Å²) in [5.41, 5.74) is 2.97. The summed E-state index contributed by atoms with van der Waals surface area (Å²) in [6.07, 6.45) is 1.77. The molecule has 27 heavy (non-hydrogen) atoms. The van der Waals surface area contributed by atoms with Gasteiger partial charge in [-0.3, -0.25) is 19.8 Å². The Morgan fingerprint density at radius 2 is 1.96 bits per heavy atom. The Bertz CT molecular complexity index is 1070. The summed E-state index contributed by atoms with van der Waals surface area (Å²) < 4.78 is 0.535. The fourth-order valence-corrected chi connectivity index (χ4v) is 3.80. The number of benzene rings is 2. The van der Waals surface area contributed by atoms with E-state index < -0.39 is 0 Å². The van der Waals surface area contributed by atoms with E-state index in [-0.39, 0.29) is 11.8 Å². The monoisotopic (exact) mass is 394 g/mol. The van der Waals surface area contributed by atoms with Crippen molar-refractivity contribution >= 4 is 63.2 Å². The molecular weight excluding hydrogens is 380 g/mol. The molecule has 2 amide bonds. The number of H-pyrrole nitrogens is 1. The van der Waals surface area contributed by atoms with Crippen LogP contribution >= 0.6 is 24.0 Å². The third kappa shape index (κ3) is 3.49. The first-order chi connectivity index (χ1) is 13.0. The van der Waals surface area contributed by atoms with E-state index in [1.54, 1.807) is 37.4 Å². The molecule has 0 bridgehead atoms. The molecule has 2 heterocycles. The molecule has 1 saturated heterocycles. The Labute approximate surface area is 164 Å². The first-order valence-electron chi connectivity index (χ1n) is 8.09. The molecule has 2 aromatic carbocycles. The van der Waals surface area contributed by atoms with Crippen molar-refractivity contribution in [3.05, 3.63) is 64.6 Å². The second-order valence-corrected chi connectivity index (χ2v) is 7.60. The van der Waals surface area contributed by atoms with Crippen LogP contribution in [0.4, 0.5) is 5.95 Å². The van der Waals surface area contributed by atoms with E-state index >= 15 is 0 Å². The van der Waals surface area contributed by atoms with Crippen molar-refractivity contribution in [1.82, 2.24) is 14.9 Å². The van der Waals surface area contributed by atoms with Gasteiger partial charge in [-0.05, 0) is 35.9 Å². The van der Waals surface area contributed by atoms with Crippen LogP contribution in [0.15, 0.2) is 53.4 Å². The van der Waals surface area contributed by atoms with Crippen LogP contribution < -0.4 is 5.32 Å². The molecule has 0 spiro atoms. The first kappa shape index (κ1) is 17.4. The Balaban J connectivity index is 1.49. The van der Waals surface area contributed by atoms with Gasteiger partial charge in [0.15, 0.2) is 0 Å². The third-order valence-electron chi connectivity index (χ3n) is 4.08. The lowest BCUT2D eigenvalue weighted by atomic mass is 10.1. The van der Waals surface area contributed by atoms with Crippen LogP contribution in [0.1, 0.15) is 15.9 Å². The standard InChI is InChI=1S/C19H14N4O2S2/c1-23-17(25)15(27-19(23)26)10-11-6-8-12(9-7-11)16(24)22-18-20-13-4-2-3-5-14(13)21-18/h2-10H,1H3,(H2,20,21,22,24)/b15-10+. The molecule has 1 aliphatic rings. The highest BCUT2D eigenvalue weighted by Gasteiger charge is 2.28. The molecule has 2 N–H and O–H groups in total. The van der Waals surface area contributed by atoms with Crippen LogP contribution in [0, 0.1) is 0 Å². The minimum absolute atomic E-state index is 0.114. The van der Waals surface area contributed by atoms with Gasteiger partial charge in [0.1, 0.15) is 4.32 Å². The van der Waals surface area contributed by atoms with E-state index in [0.29, 0.717) is 20.7 Å². The summed E-state index contributed by atoms with van der Waals surface area (Å²) in [6.45, 7) is 0. The van der Waals surface area contributed by atoms with Gasteiger partial charge in [0.25, 0.3) is 11.8 Å². The maximum absolute atomic E-state index is 12.4. The lowest BCUT2D eigenvalue weighted by Crippen LogP contribution is -2.22. The zero-order chi connectivity index (χ0) is 19.0. The number of carbonyl (C=O) groups excluding carboxylic acids is 2. The number of aromatic amines is 1. The molecule has 1 fully saturated rings. The Hall–Kier alpha value is -2.97. The molecule has 0 unspecified atom stereocenters. The number of amides is 2. The molecule has 4 rings (SSSR count). The van der Waals surface area contributed by atoms with Gasteiger partial charge >= 0.3 is 0 Å². The number of anilines is 1. The average Bonchev–Trinajstić information content (AvgIpc) is 3.18. The third-order valence-corrected chi connectivity index (χ3v) is 5.56. The van der Waals surface area contributed by atoms with Crippen molar-refractivity contribution < 1.29 is 9.59 Å². The van der Waals surface area contributed by atoms with Gasteiger partial charge in [0.2, 0.25) is 5.95 Å². The molecule has 134 valence electrons. The van der Waals surface area contributed by atoms with E-state index in [1.165, 1.54) is 16.7 Å². The number of nitrogens with one attached hydrogen (secondary N) is 2. The van der Waals surface area contributed by atoms with Gasteiger partial charge in [0.05, 0.1) is 15.9 Å². The zero-order valence-corrected chi connectivity index (χ0v) is 15.9. The van der Waals surface area contributed by atoms with Crippen molar-refractivity contribution in [3.8, 4) is 0 Å². The maximum atomic E-state index is 12.4. The van der Waals surface area contributed by atoms with Crippen molar-refractivity contribution in [2.75, 3.05) is 12.4 Å². The number of fused-ring (bicyclic) bond motifs is 1. The fraction of sp³-hybridized carbons (Fsp3) is 0.0526. The number of hydrogen-bond acceptors (Lipinski definition) is 5. The molecule has 3 aromatic rings. The van der Waals surface area contributed by atoms with E-state index in [2.05, 4.69) is 15.3 Å². The SMILES string of the molecule is CN1C(=O)/C(=C\c2ccc(C(=O)Nc3nc4ccccc4[nH]3)cc2)SC1=S. The number of likely N-dealkylation sites (N-methyl/N-ethyl adjacent to an activating group) is 1. The lowest BCUT2D eigenvalue weighted by Gasteiger charge is -2.04. The molecular formula is C19H14N4O2S2. The number of rotatable bonds is 3. The average molecular weight is 394 g/mol. The van der Waals surface area contributed by atoms with Crippen LogP contribution in [0.3, 0.4) is 0 Å². The first-order valence-corrected chi connectivity index (χ1v) is 9.31. The van der Waals surface area contributed by atoms with E-state index in [1.807, 2.05) is 24.3 Å². The van der Waals surface area contributed by atoms with Crippen LogP contribution in [-0.2, 0) is 4.79 Å². The zero-order valence-electron chi connectivity index (χ0n) is 14.2. The molecule has 0 saturated carbocycles. The smallest absolute Gasteiger partial charge is 0.265 e. The molecule has 6 nitrogen and oxygen atoms in total. The summed E-state index contributed by atoms with van der Waals surface area (Å²) in [5.74, 6) is 0.0223. The molecule has 1 aliphatic heterocycles. The summed E-state index contributed by atoms with van der Waals surface area (Å²) in [7, 11) is 1.66. The highest BCUT2D eigenvalue weighted by molar-refractivity contribution is 8.26. The number of aromatic nitrogens is 2. The highest BCUT2D eigenvalue weighted by Crippen LogP contribution is 2.31. The van der Waals surface area contributed by atoms with Gasteiger partial charge in [-0.15, -0.1) is 0 Å². The van der Waals surface area contributed by atoms with Gasteiger partial charge < -0.3 is 4.98 Å². The summed E-state index contributed by atoms with van der Waals surface area (Å²) in [5, 5.41) is 2.76. The van der Waals surface area contributed by atoms with Crippen molar-refractivity contribution in [2.24, 2.45) is 0 Å². The molecule has 0 radical (unpaired) electrons. The van der Waals surface area contributed by atoms with Crippen LogP contribution in [0.5, 0.6) is 0 Å². The van der Waals surface area contributed by atoms with Crippen molar-refractivity contribution in [2.45, 2.75) is 0 Å². The fourth-order valence-electron chi connectivity index (χ4n) is 2.62. The van der Waals surface area contributed by atoms with E-state index in [4.69, 9.17) is 12.2 Å². The van der Waals surface area contributed by atoms with Crippen LogP contribution in [-0.4, -0.2) is 38.1 Å². The van der Waals surface area contributed by atoms with Crippen molar-refractivity contribution in [1.29, 1.82) is 0 Å². The predicted octanol–water partition coefficient (Wildman–Crippen LogP) is 3.65. The van der Waals surface area contributed by atoms with Crippen molar-refractivity contribution in [3.63, 3.8) is 0 Å². The van der Waals surface area contributed by atoms with E-state index in [0.717, 1.165) is 16.6 Å². The number of hydrogen-bond donors (Lipinski definition) is 2. The van der Waals surface area contributed by atoms with E-state index in [9.17, 15) is 9.59 Å². The summed E-state index contributed by atoms with van der Waals surface area (Å²) in [4.78, 5) is 33.9. The summed E-state index contributed by atoms with van der Waals surface area (Å²) >= 11 is 6.39. The van der Waals surface area contributed by atoms with Gasteiger partial charge in [-0.2, -0.15) is 0 Å². The minimum atomic E-state index is -0.263. The number of nitrogens with zero attached hydrogens (tertiary/aromatic N) is 2. The Morgan fingerprint density at radius 1 is 1.22 bits per heavy atom. The normalized spacial score (nSPS) is 15.7. The minimum Gasteiger partial charge on any atom is -0.324 e. The quantitative estimate of drug-likeness (QED) is 0.524. The maximum Gasteiger partial charge on any atom is 0.265 e. The van der Waals surface area contributed by atoms with Gasteiger partial charge in [0, 0.05) is 12.6 Å². The Morgan fingerprint density at radius 3 is 2.63 bits per heavy atom. The van der Waals surface area contributed by atoms with Crippen LogP contribution in [0.25, 0.3) is 17.1 Å². The molecule has 8 heteroatoms. The molecule has 0 atom stereocenters. The molecule has 1 aromatic heterocycles. The molecule has 0 aliphatic carbocycles. The summed E-state index contributed by atoms with van der Waals surface area (Å²) in [6, 6.07) is 14.5. The predicted molar refractivity (Wildman–Crippen MR) is 111 cm³/mol.